The molecule has 1 saturated heterocycles. The fraction of sp³-hybridized carbons (Fsp3) is 1.00. The summed E-state index contributed by atoms with van der Waals surface area (Å²) in [5, 5.41) is 3.60. The Morgan fingerprint density at radius 3 is 2.71 bits per heavy atom. The van der Waals surface area contributed by atoms with Crippen LogP contribution in [0.3, 0.4) is 0 Å². The maximum Gasteiger partial charge on any atom is 0.00683 e. The summed E-state index contributed by atoms with van der Waals surface area (Å²) in [6.45, 7) is 4.48. The first-order valence-electron chi connectivity index (χ1n) is 5.91. The van der Waals surface area contributed by atoms with E-state index in [9.17, 15) is 0 Å². The highest BCUT2D eigenvalue weighted by molar-refractivity contribution is 4.86. The lowest BCUT2D eigenvalue weighted by atomic mass is 9.91. The number of nitrogens with zero attached hydrogens (tertiary/aromatic N) is 1. The van der Waals surface area contributed by atoms with E-state index in [1.54, 1.807) is 0 Å². The van der Waals surface area contributed by atoms with Crippen molar-refractivity contribution in [3.05, 3.63) is 0 Å². The predicted molar refractivity (Wildman–Crippen MR) is 59.2 cm³/mol. The molecule has 0 aromatic heterocycles. The highest BCUT2D eigenvalue weighted by Crippen LogP contribution is 2.24. The van der Waals surface area contributed by atoms with E-state index in [4.69, 9.17) is 5.73 Å². The van der Waals surface area contributed by atoms with Crippen molar-refractivity contribution < 1.29 is 0 Å². The van der Waals surface area contributed by atoms with E-state index in [2.05, 4.69) is 17.3 Å². The van der Waals surface area contributed by atoms with Crippen LogP contribution in [-0.4, -0.2) is 44.2 Å². The van der Waals surface area contributed by atoms with Gasteiger partial charge in [-0.15, -0.1) is 0 Å². The molecule has 0 aromatic rings. The van der Waals surface area contributed by atoms with Gasteiger partial charge in [-0.2, -0.15) is 0 Å². The van der Waals surface area contributed by atoms with Crippen LogP contribution in [0.5, 0.6) is 0 Å². The van der Waals surface area contributed by atoms with Crippen molar-refractivity contribution >= 4 is 0 Å². The minimum atomic E-state index is 0.695. The molecule has 3 N–H and O–H groups in total. The number of hydrogen-bond donors (Lipinski definition) is 2. The van der Waals surface area contributed by atoms with E-state index in [1.807, 2.05) is 0 Å². The number of rotatable bonds is 5. The molecule has 2 rings (SSSR count). The lowest BCUT2D eigenvalue weighted by Crippen LogP contribution is -2.35. The molecule has 0 spiro atoms. The van der Waals surface area contributed by atoms with Gasteiger partial charge in [0.05, 0.1) is 0 Å². The summed E-state index contributed by atoms with van der Waals surface area (Å²) >= 11 is 0. The van der Waals surface area contributed by atoms with E-state index in [1.165, 1.54) is 32.4 Å². The molecule has 2 fully saturated rings. The molecule has 3 heteroatoms. The van der Waals surface area contributed by atoms with Crippen molar-refractivity contribution in [2.24, 2.45) is 17.6 Å². The Bertz CT molecular complexity index is 179. The Balaban J connectivity index is 1.73. The average molecular weight is 197 g/mol. The third-order valence-corrected chi connectivity index (χ3v) is 3.64. The zero-order valence-electron chi connectivity index (χ0n) is 9.21. The Morgan fingerprint density at radius 1 is 1.43 bits per heavy atom. The van der Waals surface area contributed by atoms with Gasteiger partial charge in [0.2, 0.25) is 0 Å². The lowest BCUT2D eigenvalue weighted by molar-refractivity contribution is 0.312. The molecular formula is C11H23N3. The highest BCUT2D eigenvalue weighted by Gasteiger charge is 2.28. The first-order valence-corrected chi connectivity index (χ1v) is 5.91. The van der Waals surface area contributed by atoms with Gasteiger partial charge in [0.15, 0.2) is 0 Å². The van der Waals surface area contributed by atoms with E-state index >= 15 is 0 Å². The van der Waals surface area contributed by atoms with Gasteiger partial charge < -0.3 is 16.0 Å². The molecule has 0 bridgehead atoms. The molecule has 1 saturated carbocycles. The van der Waals surface area contributed by atoms with Crippen LogP contribution in [0, 0.1) is 11.8 Å². The zero-order valence-corrected chi connectivity index (χ0v) is 9.21. The van der Waals surface area contributed by atoms with Crippen molar-refractivity contribution in [1.29, 1.82) is 0 Å². The fourth-order valence-corrected chi connectivity index (χ4v) is 2.40. The van der Waals surface area contributed by atoms with Crippen molar-refractivity contribution in [3.8, 4) is 0 Å². The second kappa shape index (κ2) is 4.60. The van der Waals surface area contributed by atoms with Gasteiger partial charge in [-0.05, 0) is 57.8 Å². The first-order chi connectivity index (χ1) is 6.79. The molecule has 0 amide bonds. The SMILES string of the molecule is CN1CCC(C(CN)CNC2CC2)C1. The minimum absolute atomic E-state index is 0.695. The predicted octanol–water partition coefficient (Wildman–Crippen LogP) is 0.265. The standard InChI is InChI=1S/C11H23N3/c1-14-5-4-9(8-14)10(6-12)7-13-11-2-3-11/h9-11,13H,2-8,12H2,1H3. The summed E-state index contributed by atoms with van der Waals surface area (Å²) < 4.78 is 0. The Labute approximate surface area is 87.0 Å². The van der Waals surface area contributed by atoms with Gasteiger partial charge in [0.25, 0.3) is 0 Å². The second-order valence-corrected chi connectivity index (χ2v) is 4.99. The van der Waals surface area contributed by atoms with Gasteiger partial charge in [-0.3, -0.25) is 0 Å². The summed E-state index contributed by atoms with van der Waals surface area (Å²) in [6, 6.07) is 0.822. The van der Waals surface area contributed by atoms with E-state index < -0.39 is 0 Å². The second-order valence-electron chi connectivity index (χ2n) is 4.99. The van der Waals surface area contributed by atoms with Crippen LogP contribution in [0.1, 0.15) is 19.3 Å². The normalized spacial score (nSPS) is 30.9. The molecule has 2 unspecified atom stereocenters. The van der Waals surface area contributed by atoms with Crippen molar-refractivity contribution in [1.82, 2.24) is 10.2 Å². The number of nitrogens with two attached hydrogens (primary N) is 1. The summed E-state index contributed by atoms with van der Waals surface area (Å²) in [6.07, 6.45) is 4.09. The van der Waals surface area contributed by atoms with Gasteiger partial charge in [0.1, 0.15) is 0 Å². The molecular weight excluding hydrogens is 174 g/mol. The summed E-state index contributed by atoms with van der Waals surface area (Å²) in [7, 11) is 2.21. The lowest BCUT2D eigenvalue weighted by Gasteiger charge is -2.22. The number of hydrogen-bond acceptors (Lipinski definition) is 3. The Kier molecular flexibility index (Phi) is 3.42. The number of nitrogens with one attached hydrogen (secondary N) is 1. The van der Waals surface area contributed by atoms with E-state index in [0.29, 0.717) is 5.92 Å². The van der Waals surface area contributed by atoms with Crippen LogP contribution >= 0.6 is 0 Å². The van der Waals surface area contributed by atoms with E-state index in [0.717, 1.165) is 25.0 Å². The summed E-state index contributed by atoms with van der Waals surface area (Å²) in [5.74, 6) is 1.52. The Hall–Kier alpha value is -0.120. The summed E-state index contributed by atoms with van der Waals surface area (Å²) in [4.78, 5) is 2.42. The van der Waals surface area contributed by atoms with Gasteiger partial charge >= 0.3 is 0 Å². The highest BCUT2D eigenvalue weighted by atomic mass is 15.1. The van der Waals surface area contributed by atoms with Crippen LogP contribution in [-0.2, 0) is 0 Å². The molecule has 3 nitrogen and oxygen atoms in total. The maximum atomic E-state index is 5.85. The van der Waals surface area contributed by atoms with Gasteiger partial charge in [0, 0.05) is 12.6 Å². The zero-order chi connectivity index (χ0) is 9.97. The third kappa shape index (κ3) is 2.69. The molecule has 1 aliphatic carbocycles. The molecule has 2 atom stereocenters. The molecule has 0 aromatic carbocycles. The molecule has 0 radical (unpaired) electrons. The van der Waals surface area contributed by atoms with E-state index in [-0.39, 0.29) is 0 Å². The fourth-order valence-electron chi connectivity index (χ4n) is 2.40. The smallest absolute Gasteiger partial charge is 0.00683 e. The maximum absolute atomic E-state index is 5.85. The average Bonchev–Trinajstić information content (AvgIpc) is 2.90. The first kappa shape index (κ1) is 10.4. The minimum Gasteiger partial charge on any atom is -0.330 e. The quantitative estimate of drug-likeness (QED) is 0.664. The molecule has 82 valence electrons. The van der Waals surface area contributed by atoms with Crippen molar-refractivity contribution in [2.75, 3.05) is 33.2 Å². The van der Waals surface area contributed by atoms with Crippen LogP contribution < -0.4 is 11.1 Å². The third-order valence-electron chi connectivity index (χ3n) is 3.64. The molecule has 14 heavy (non-hydrogen) atoms. The van der Waals surface area contributed by atoms with Gasteiger partial charge in [-0.1, -0.05) is 0 Å². The van der Waals surface area contributed by atoms with Crippen LogP contribution in [0.15, 0.2) is 0 Å². The summed E-state index contributed by atoms with van der Waals surface area (Å²) in [5.41, 5.74) is 5.85. The van der Waals surface area contributed by atoms with Crippen molar-refractivity contribution in [2.45, 2.75) is 25.3 Å². The molecule has 1 heterocycles. The largest absolute Gasteiger partial charge is 0.330 e. The van der Waals surface area contributed by atoms with Gasteiger partial charge in [-0.25, -0.2) is 0 Å². The molecule has 1 aliphatic heterocycles. The van der Waals surface area contributed by atoms with Crippen LogP contribution in [0.25, 0.3) is 0 Å². The topological polar surface area (TPSA) is 41.3 Å². The monoisotopic (exact) mass is 197 g/mol. The molecule has 2 aliphatic rings. The van der Waals surface area contributed by atoms with Crippen molar-refractivity contribution in [3.63, 3.8) is 0 Å². The number of likely N-dealkylation sites (tertiary alicyclic amines) is 1. The Morgan fingerprint density at radius 2 is 2.21 bits per heavy atom. The van der Waals surface area contributed by atoms with Crippen LogP contribution in [0.4, 0.5) is 0 Å². The van der Waals surface area contributed by atoms with Crippen LogP contribution in [0.2, 0.25) is 0 Å².